The molecule has 0 radical (unpaired) electrons. The number of piperidine rings is 1. The van der Waals surface area contributed by atoms with E-state index in [9.17, 15) is 14.7 Å². The van der Waals surface area contributed by atoms with Gasteiger partial charge in [-0.15, -0.1) is 0 Å². The molecule has 0 aliphatic carbocycles. The summed E-state index contributed by atoms with van der Waals surface area (Å²) in [7, 11) is 7.57. The van der Waals surface area contributed by atoms with Gasteiger partial charge in [-0.25, -0.2) is 9.97 Å². The van der Waals surface area contributed by atoms with Crippen molar-refractivity contribution in [3.8, 4) is 5.75 Å². The third-order valence-electron chi connectivity index (χ3n) is 7.31. The molecule has 3 aromatic rings. The summed E-state index contributed by atoms with van der Waals surface area (Å²) in [5.41, 5.74) is 3.99. The van der Waals surface area contributed by atoms with Gasteiger partial charge in [0.15, 0.2) is 0 Å². The predicted octanol–water partition coefficient (Wildman–Crippen LogP) is 3.39. The molecule has 10 nitrogen and oxygen atoms in total. The highest BCUT2D eigenvalue weighted by molar-refractivity contribution is 6.07. The largest absolute Gasteiger partial charge is 0.496 e. The van der Waals surface area contributed by atoms with Crippen molar-refractivity contribution in [1.29, 1.82) is 0 Å². The summed E-state index contributed by atoms with van der Waals surface area (Å²) >= 11 is 0. The number of rotatable bonds is 12. The second-order valence-electron chi connectivity index (χ2n) is 10.8. The van der Waals surface area contributed by atoms with Crippen molar-refractivity contribution in [2.75, 3.05) is 69.5 Å². The minimum absolute atomic E-state index is 0.201. The molecule has 0 bridgehead atoms. The molecule has 1 aliphatic rings. The summed E-state index contributed by atoms with van der Waals surface area (Å²) in [5, 5.41) is 12.9. The number of likely N-dealkylation sites (N-methyl/N-ethyl adjacent to an activating group) is 2. The predicted molar refractivity (Wildman–Crippen MR) is 166 cm³/mol. The van der Waals surface area contributed by atoms with Crippen LogP contribution in [-0.2, 0) is 11.2 Å². The van der Waals surface area contributed by atoms with Crippen LogP contribution in [0.25, 0.3) is 0 Å². The fourth-order valence-electron chi connectivity index (χ4n) is 4.95. The molecule has 1 atom stereocenters. The van der Waals surface area contributed by atoms with Crippen LogP contribution in [0.2, 0.25) is 0 Å². The average Bonchev–Trinajstić information content (AvgIpc) is 2.99. The van der Waals surface area contributed by atoms with Crippen LogP contribution in [0.15, 0.2) is 61.3 Å². The molecule has 2 heterocycles. The van der Waals surface area contributed by atoms with Crippen LogP contribution in [-0.4, -0.2) is 92.2 Å². The van der Waals surface area contributed by atoms with Crippen LogP contribution in [0, 0.1) is 0 Å². The number of amides is 1. The monoisotopic (exact) mass is 572 g/mol. The Morgan fingerprint density at radius 1 is 1.17 bits per heavy atom. The minimum Gasteiger partial charge on any atom is -0.496 e. The molecule has 2 aromatic carbocycles. The third kappa shape index (κ3) is 7.71. The normalized spacial score (nSPS) is 14.9. The van der Waals surface area contributed by atoms with E-state index in [1.807, 2.05) is 45.4 Å². The number of benzene rings is 2. The Hall–Kier alpha value is -4.28. The molecule has 222 valence electrons. The molecule has 1 fully saturated rings. The molecule has 1 aliphatic heterocycles. The van der Waals surface area contributed by atoms with Crippen LogP contribution in [0.1, 0.15) is 40.3 Å². The molecule has 1 aromatic heterocycles. The number of aliphatic hydroxyl groups is 1. The molecule has 4 rings (SSSR count). The van der Waals surface area contributed by atoms with Crippen molar-refractivity contribution in [3.63, 3.8) is 0 Å². The Balaban J connectivity index is 1.57. The Morgan fingerprint density at radius 2 is 1.93 bits per heavy atom. The van der Waals surface area contributed by atoms with Crippen LogP contribution >= 0.6 is 0 Å². The Labute approximate surface area is 247 Å². The summed E-state index contributed by atoms with van der Waals surface area (Å²) < 4.78 is 5.72. The highest BCUT2D eigenvalue weighted by Gasteiger charge is 2.20. The van der Waals surface area contributed by atoms with E-state index in [4.69, 9.17) is 4.74 Å². The zero-order chi connectivity index (χ0) is 30.2. The van der Waals surface area contributed by atoms with Crippen molar-refractivity contribution in [3.05, 3.63) is 84.0 Å². The molecule has 1 amide bonds. The van der Waals surface area contributed by atoms with Gasteiger partial charge in [0.2, 0.25) is 11.7 Å². The summed E-state index contributed by atoms with van der Waals surface area (Å²) in [6.07, 6.45) is 4.53. The number of hydrogen-bond acceptors (Lipinski definition) is 9. The number of ether oxygens (including phenoxy) is 1. The fourth-order valence-corrected chi connectivity index (χ4v) is 4.95. The number of β-amino-alcohol motifs (C(OH)–C–C–N with tert-alkyl or cyclic N) is 1. The molecular formula is C32H40N6O4. The molecule has 42 heavy (non-hydrogen) atoms. The molecule has 2 N–H and O–H groups in total. The van der Waals surface area contributed by atoms with Crippen molar-refractivity contribution in [2.24, 2.45) is 0 Å². The number of nitrogens with one attached hydrogen (secondary N) is 1. The van der Waals surface area contributed by atoms with Gasteiger partial charge in [-0.2, -0.15) is 0 Å². The second kappa shape index (κ2) is 14.1. The van der Waals surface area contributed by atoms with E-state index in [2.05, 4.69) is 36.6 Å². The first kappa shape index (κ1) is 30.7. The zero-order valence-electron chi connectivity index (χ0n) is 24.8. The smallest absolute Gasteiger partial charge is 0.247 e. The van der Waals surface area contributed by atoms with Gasteiger partial charge in [-0.3, -0.25) is 9.59 Å². The number of aliphatic hydroxyl groups excluding tert-OH is 1. The lowest BCUT2D eigenvalue weighted by atomic mass is 10.0. The van der Waals surface area contributed by atoms with Gasteiger partial charge in [0.1, 0.15) is 17.3 Å². The van der Waals surface area contributed by atoms with Gasteiger partial charge < -0.3 is 29.9 Å². The van der Waals surface area contributed by atoms with Gasteiger partial charge in [0.25, 0.3) is 0 Å². The highest BCUT2D eigenvalue weighted by atomic mass is 16.5. The average molecular weight is 573 g/mol. The summed E-state index contributed by atoms with van der Waals surface area (Å²) in [4.78, 5) is 40.8. The number of methoxy groups -OCH3 is 1. The number of hydrogen-bond donors (Lipinski definition) is 2. The molecule has 1 saturated heterocycles. The van der Waals surface area contributed by atoms with Crippen LogP contribution < -0.4 is 19.9 Å². The lowest BCUT2D eigenvalue weighted by molar-refractivity contribution is -0.111. The molecular weight excluding hydrogens is 532 g/mol. The van der Waals surface area contributed by atoms with E-state index < -0.39 is 0 Å². The van der Waals surface area contributed by atoms with E-state index in [1.165, 1.54) is 6.08 Å². The van der Waals surface area contributed by atoms with E-state index in [0.29, 0.717) is 41.5 Å². The number of ketones is 1. The number of carbonyl (C=O) groups excluding carboxylic acids is 2. The van der Waals surface area contributed by atoms with E-state index in [0.717, 1.165) is 49.4 Å². The van der Waals surface area contributed by atoms with Gasteiger partial charge in [0.05, 0.1) is 24.6 Å². The van der Waals surface area contributed by atoms with E-state index in [1.54, 1.807) is 31.5 Å². The lowest BCUT2D eigenvalue weighted by Crippen LogP contribution is -2.38. The lowest BCUT2D eigenvalue weighted by Gasteiger charge is -2.32. The minimum atomic E-state index is -0.326. The Bertz CT molecular complexity index is 1410. The van der Waals surface area contributed by atoms with Crippen molar-refractivity contribution in [1.82, 2.24) is 14.9 Å². The second-order valence-corrected chi connectivity index (χ2v) is 10.8. The Morgan fingerprint density at radius 3 is 2.60 bits per heavy atom. The van der Waals surface area contributed by atoms with E-state index in [-0.39, 0.29) is 17.8 Å². The van der Waals surface area contributed by atoms with E-state index >= 15 is 0 Å². The highest BCUT2D eigenvalue weighted by Crippen LogP contribution is 2.34. The van der Waals surface area contributed by atoms with Crippen molar-refractivity contribution >= 4 is 28.8 Å². The summed E-state index contributed by atoms with van der Waals surface area (Å²) in [6.45, 7) is 6.62. The van der Waals surface area contributed by atoms with Crippen LogP contribution in [0.3, 0.4) is 0 Å². The van der Waals surface area contributed by atoms with Gasteiger partial charge in [-0.1, -0.05) is 6.58 Å². The molecule has 0 spiro atoms. The van der Waals surface area contributed by atoms with Crippen molar-refractivity contribution in [2.45, 2.75) is 25.4 Å². The van der Waals surface area contributed by atoms with Gasteiger partial charge >= 0.3 is 0 Å². The molecule has 10 heteroatoms. The first-order valence-corrected chi connectivity index (χ1v) is 14.1. The SMILES string of the molecule is C=CC(=O)Nc1cc(Cc2nccc(C(=O)c3ccc(N4CCC[C@H](O)C4)cc3)n2)c(OC)cc1N(C)CCN(C)C. The maximum Gasteiger partial charge on any atom is 0.247 e. The summed E-state index contributed by atoms with van der Waals surface area (Å²) in [5.74, 6) is 0.553. The van der Waals surface area contributed by atoms with Crippen molar-refractivity contribution < 1.29 is 19.4 Å². The first-order valence-electron chi connectivity index (χ1n) is 14.1. The maximum absolute atomic E-state index is 13.3. The Kier molecular flexibility index (Phi) is 10.3. The summed E-state index contributed by atoms with van der Waals surface area (Å²) in [6, 6.07) is 12.8. The number of carbonyl (C=O) groups is 2. The third-order valence-corrected chi connectivity index (χ3v) is 7.31. The van der Waals surface area contributed by atoms with Gasteiger partial charge in [0, 0.05) is 68.7 Å². The quantitative estimate of drug-likeness (QED) is 0.249. The standard InChI is InChI=1S/C32H40N6O4/c1-6-31(40)35-27-18-23(29(42-5)20-28(27)37(4)17-16-36(2)3)19-30-33-14-13-26(34-30)32(41)22-9-11-24(12-10-22)38-15-7-8-25(39)21-38/h6,9-14,18,20,25,39H,1,7-8,15-17,19,21H2,2-5H3,(H,35,40)/t25-/m0/s1. The number of nitrogens with zero attached hydrogens (tertiary/aromatic N) is 5. The van der Waals surface area contributed by atoms with Crippen LogP contribution in [0.4, 0.5) is 17.1 Å². The molecule has 0 unspecified atom stereocenters. The topological polar surface area (TPSA) is 111 Å². The first-order chi connectivity index (χ1) is 20.2. The van der Waals surface area contributed by atoms with Gasteiger partial charge in [-0.05, 0) is 69.4 Å². The zero-order valence-corrected chi connectivity index (χ0v) is 24.8. The number of anilines is 3. The fraction of sp³-hybridized carbons (Fsp3) is 0.375. The number of aromatic nitrogens is 2. The van der Waals surface area contributed by atoms with Crippen LogP contribution in [0.5, 0.6) is 5.75 Å². The molecule has 0 saturated carbocycles. The maximum atomic E-state index is 13.3.